The van der Waals surface area contributed by atoms with Crippen molar-refractivity contribution in [1.82, 2.24) is 14.9 Å². The summed E-state index contributed by atoms with van der Waals surface area (Å²) in [5.74, 6) is -0.285. The van der Waals surface area contributed by atoms with Crippen LogP contribution in [0.4, 0.5) is 16.2 Å². The number of rotatable bonds is 7. The summed E-state index contributed by atoms with van der Waals surface area (Å²) in [5, 5.41) is 17.1. The summed E-state index contributed by atoms with van der Waals surface area (Å²) in [6.45, 7) is 3.79. The number of aromatic amines is 1. The number of aromatic nitrogens is 2. The average Bonchev–Trinajstić information content (AvgIpc) is 3.34. The molecule has 1 heterocycles. The number of hydrogen-bond acceptors (Lipinski definition) is 4. The van der Waals surface area contributed by atoms with Crippen LogP contribution in [-0.4, -0.2) is 44.5 Å². The molecular formula is C26H25Cl2N5O3. The predicted molar refractivity (Wildman–Crippen MR) is 143 cm³/mol. The SMILES string of the molecule is CC(C)N(C[C@@H](O)c1ccc(Cl)c(Cl)c1)C(=O)Nc1ccc(NC(=O)c2cccc3[nH]cnc23)cc1. The zero-order valence-electron chi connectivity index (χ0n) is 19.6. The Labute approximate surface area is 218 Å². The Bertz CT molecular complexity index is 1390. The van der Waals surface area contributed by atoms with E-state index in [-0.39, 0.29) is 24.5 Å². The third-order valence-electron chi connectivity index (χ3n) is 5.67. The Balaban J connectivity index is 1.40. The Morgan fingerprint density at radius 3 is 2.36 bits per heavy atom. The molecule has 0 radical (unpaired) electrons. The van der Waals surface area contributed by atoms with Crippen molar-refractivity contribution < 1.29 is 14.7 Å². The fourth-order valence-electron chi connectivity index (χ4n) is 3.72. The number of carbonyl (C=O) groups excluding carboxylic acids is 2. The molecule has 4 aromatic rings. The first-order valence-electron chi connectivity index (χ1n) is 11.3. The molecule has 4 rings (SSSR count). The zero-order valence-corrected chi connectivity index (χ0v) is 21.1. The van der Waals surface area contributed by atoms with Crippen molar-refractivity contribution in [3.05, 3.63) is 88.2 Å². The van der Waals surface area contributed by atoms with Crippen LogP contribution in [0.15, 0.2) is 67.0 Å². The van der Waals surface area contributed by atoms with Gasteiger partial charge in [0.2, 0.25) is 0 Å². The molecule has 4 N–H and O–H groups in total. The van der Waals surface area contributed by atoms with Gasteiger partial charge in [0.25, 0.3) is 5.91 Å². The van der Waals surface area contributed by atoms with E-state index in [1.54, 1.807) is 60.9 Å². The number of benzene rings is 3. The quantitative estimate of drug-likeness (QED) is 0.233. The zero-order chi connectivity index (χ0) is 25.8. The Morgan fingerprint density at radius 1 is 1.00 bits per heavy atom. The van der Waals surface area contributed by atoms with Gasteiger partial charge in [0, 0.05) is 17.4 Å². The van der Waals surface area contributed by atoms with Crippen LogP contribution in [0.5, 0.6) is 0 Å². The van der Waals surface area contributed by atoms with Gasteiger partial charge in [-0.15, -0.1) is 0 Å². The van der Waals surface area contributed by atoms with E-state index in [4.69, 9.17) is 23.2 Å². The van der Waals surface area contributed by atoms with Crippen LogP contribution in [0.1, 0.15) is 35.9 Å². The number of H-pyrrole nitrogens is 1. The highest BCUT2D eigenvalue weighted by Crippen LogP contribution is 2.26. The van der Waals surface area contributed by atoms with Crippen molar-refractivity contribution in [3.8, 4) is 0 Å². The van der Waals surface area contributed by atoms with Crippen LogP contribution in [-0.2, 0) is 0 Å². The molecule has 0 aliphatic carbocycles. The molecule has 0 unspecified atom stereocenters. The lowest BCUT2D eigenvalue weighted by molar-refractivity contribution is 0.102. The topological polar surface area (TPSA) is 110 Å². The first kappa shape index (κ1) is 25.5. The van der Waals surface area contributed by atoms with Crippen molar-refractivity contribution >= 4 is 57.5 Å². The number of urea groups is 1. The highest BCUT2D eigenvalue weighted by Gasteiger charge is 2.22. The molecule has 0 fully saturated rings. The molecule has 1 aromatic heterocycles. The number of aliphatic hydroxyl groups is 1. The number of imidazole rings is 1. The third-order valence-corrected chi connectivity index (χ3v) is 6.41. The molecule has 3 amide bonds. The van der Waals surface area contributed by atoms with Crippen LogP contribution in [0.3, 0.4) is 0 Å². The van der Waals surface area contributed by atoms with Gasteiger partial charge < -0.3 is 25.6 Å². The summed E-state index contributed by atoms with van der Waals surface area (Å²) in [4.78, 5) is 34.4. The number of hydrogen-bond donors (Lipinski definition) is 4. The second-order valence-corrected chi connectivity index (χ2v) is 9.32. The number of nitrogens with zero attached hydrogens (tertiary/aromatic N) is 2. The minimum absolute atomic E-state index is 0.0638. The summed E-state index contributed by atoms with van der Waals surface area (Å²) in [6.07, 6.45) is 0.604. The van der Waals surface area contributed by atoms with Crippen LogP contribution >= 0.6 is 23.2 Å². The lowest BCUT2D eigenvalue weighted by atomic mass is 10.1. The van der Waals surface area contributed by atoms with E-state index in [0.29, 0.717) is 38.1 Å². The molecule has 0 saturated heterocycles. The highest BCUT2D eigenvalue weighted by molar-refractivity contribution is 6.42. The van der Waals surface area contributed by atoms with E-state index < -0.39 is 6.10 Å². The molecule has 0 bridgehead atoms. The minimum Gasteiger partial charge on any atom is -0.387 e. The number of aliphatic hydroxyl groups excluding tert-OH is 1. The lowest BCUT2D eigenvalue weighted by Crippen LogP contribution is -2.42. The average molecular weight is 526 g/mol. The fourth-order valence-corrected chi connectivity index (χ4v) is 4.03. The molecule has 0 saturated carbocycles. The number of halogens is 2. The fraction of sp³-hybridized carbons (Fsp3) is 0.192. The monoisotopic (exact) mass is 525 g/mol. The number of anilines is 2. The second kappa shape index (κ2) is 11.0. The van der Waals surface area contributed by atoms with Gasteiger partial charge in [-0.25, -0.2) is 9.78 Å². The van der Waals surface area contributed by atoms with Crippen LogP contribution in [0, 0.1) is 0 Å². The van der Waals surface area contributed by atoms with Gasteiger partial charge in [-0.05, 0) is 67.9 Å². The summed E-state index contributed by atoms with van der Waals surface area (Å²) in [5.41, 5.74) is 3.51. The van der Waals surface area contributed by atoms with Crippen molar-refractivity contribution in [1.29, 1.82) is 0 Å². The van der Waals surface area contributed by atoms with Gasteiger partial charge in [-0.2, -0.15) is 0 Å². The smallest absolute Gasteiger partial charge is 0.322 e. The number of para-hydroxylation sites is 1. The van der Waals surface area contributed by atoms with Gasteiger partial charge in [0.1, 0.15) is 5.52 Å². The van der Waals surface area contributed by atoms with Gasteiger partial charge in [-0.3, -0.25) is 4.79 Å². The third kappa shape index (κ3) is 5.79. The van der Waals surface area contributed by atoms with Crippen molar-refractivity contribution in [3.63, 3.8) is 0 Å². The van der Waals surface area contributed by atoms with E-state index in [1.165, 1.54) is 4.90 Å². The number of nitrogens with one attached hydrogen (secondary N) is 3. The first-order valence-corrected chi connectivity index (χ1v) is 12.0. The van der Waals surface area contributed by atoms with Gasteiger partial charge in [0.15, 0.2) is 0 Å². The van der Waals surface area contributed by atoms with E-state index >= 15 is 0 Å². The maximum absolute atomic E-state index is 13.0. The Morgan fingerprint density at radius 2 is 1.69 bits per heavy atom. The second-order valence-electron chi connectivity index (χ2n) is 8.50. The Kier molecular flexibility index (Phi) is 7.79. The predicted octanol–water partition coefficient (Wildman–Crippen LogP) is 6.10. The van der Waals surface area contributed by atoms with E-state index in [9.17, 15) is 14.7 Å². The summed E-state index contributed by atoms with van der Waals surface area (Å²) < 4.78 is 0. The maximum atomic E-state index is 13.0. The summed E-state index contributed by atoms with van der Waals surface area (Å²) >= 11 is 12.0. The molecule has 0 aliphatic heterocycles. The summed E-state index contributed by atoms with van der Waals surface area (Å²) in [7, 11) is 0. The molecule has 0 aliphatic rings. The first-order chi connectivity index (χ1) is 17.2. The Hall–Kier alpha value is -3.59. The molecular weight excluding hydrogens is 501 g/mol. The number of amides is 3. The van der Waals surface area contributed by atoms with Crippen molar-refractivity contribution in [2.24, 2.45) is 0 Å². The van der Waals surface area contributed by atoms with Crippen molar-refractivity contribution in [2.75, 3.05) is 17.2 Å². The molecule has 36 heavy (non-hydrogen) atoms. The number of carbonyl (C=O) groups is 2. The van der Waals surface area contributed by atoms with Gasteiger partial charge >= 0.3 is 6.03 Å². The molecule has 1 atom stereocenters. The van der Waals surface area contributed by atoms with Crippen LogP contribution in [0.25, 0.3) is 11.0 Å². The van der Waals surface area contributed by atoms with Gasteiger partial charge in [0.05, 0.1) is 40.1 Å². The largest absolute Gasteiger partial charge is 0.387 e. The van der Waals surface area contributed by atoms with E-state index in [2.05, 4.69) is 20.6 Å². The molecule has 186 valence electrons. The normalized spacial score (nSPS) is 11.9. The van der Waals surface area contributed by atoms with Gasteiger partial charge in [-0.1, -0.05) is 35.3 Å². The van der Waals surface area contributed by atoms with E-state index in [1.807, 2.05) is 19.9 Å². The molecule has 0 spiro atoms. The minimum atomic E-state index is -0.940. The molecule has 8 nitrogen and oxygen atoms in total. The summed E-state index contributed by atoms with van der Waals surface area (Å²) in [6, 6.07) is 16.4. The van der Waals surface area contributed by atoms with Crippen molar-refractivity contribution in [2.45, 2.75) is 26.0 Å². The van der Waals surface area contributed by atoms with Crippen LogP contribution < -0.4 is 10.6 Å². The lowest BCUT2D eigenvalue weighted by Gasteiger charge is -2.29. The maximum Gasteiger partial charge on any atom is 0.322 e. The molecule has 3 aromatic carbocycles. The highest BCUT2D eigenvalue weighted by atomic mass is 35.5. The molecule has 10 heteroatoms. The van der Waals surface area contributed by atoms with E-state index in [0.717, 1.165) is 5.52 Å². The standard InChI is InChI=1S/C26H25Cl2N5O3/c1-15(2)33(13-23(34)16-6-11-20(27)21(28)12-16)26(36)32-18-9-7-17(8-10-18)31-25(35)19-4-3-5-22-24(19)30-14-29-22/h3-12,14-15,23,34H,13H2,1-2H3,(H,29,30)(H,31,35)(H,32,36)/t23-/m1/s1. The number of fused-ring (bicyclic) bond motifs is 1. The van der Waals surface area contributed by atoms with Crippen LogP contribution in [0.2, 0.25) is 10.0 Å².